The van der Waals surface area contributed by atoms with Crippen LogP contribution in [0.4, 0.5) is 13.2 Å². The van der Waals surface area contributed by atoms with Gasteiger partial charge in [0.25, 0.3) is 5.91 Å². The summed E-state index contributed by atoms with van der Waals surface area (Å²) in [6.45, 7) is 3.74. The first-order chi connectivity index (χ1) is 13.7. The second-order valence-electron chi connectivity index (χ2n) is 6.46. The molecule has 4 rings (SSSR count). The van der Waals surface area contributed by atoms with E-state index in [2.05, 4.69) is 15.3 Å². The Kier molecular flexibility index (Phi) is 4.91. The van der Waals surface area contributed by atoms with Crippen molar-refractivity contribution in [2.24, 2.45) is 0 Å². The summed E-state index contributed by atoms with van der Waals surface area (Å²) in [4.78, 5) is 22.0. The van der Waals surface area contributed by atoms with E-state index in [1.54, 1.807) is 22.0 Å². The number of hydrogen-bond donors (Lipinski definition) is 1. The topological polar surface area (TPSA) is 59.3 Å². The minimum Gasteiger partial charge on any atom is -0.343 e. The second kappa shape index (κ2) is 7.27. The van der Waals surface area contributed by atoms with Crippen LogP contribution >= 0.6 is 22.7 Å². The van der Waals surface area contributed by atoms with Crippen LogP contribution < -0.4 is 5.32 Å². The number of aromatic nitrogens is 3. The van der Waals surface area contributed by atoms with Gasteiger partial charge in [-0.1, -0.05) is 12.1 Å². The number of fused-ring (bicyclic) bond motifs is 1. The van der Waals surface area contributed by atoms with Crippen molar-refractivity contribution in [1.82, 2.24) is 19.7 Å². The summed E-state index contributed by atoms with van der Waals surface area (Å²) in [5.74, 6) is -0.303. The highest BCUT2D eigenvalue weighted by molar-refractivity contribution is 7.15. The zero-order valence-corrected chi connectivity index (χ0v) is 17.0. The number of amides is 1. The molecule has 0 radical (unpaired) electrons. The van der Waals surface area contributed by atoms with Crippen LogP contribution in [0.3, 0.4) is 0 Å². The second-order valence-corrected chi connectivity index (χ2v) is 8.36. The monoisotopic (exact) mass is 436 g/mol. The molecule has 3 aromatic heterocycles. The molecule has 0 aliphatic heterocycles. The number of imidazole rings is 1. The summed E-state index contributed by atoms with van der Waals surface area (Å²) >= 11 is 2.76. The van der Waals surface area contributed by atoms with Crippen molar-refractivity contribution in [3.05, 3.63) is 63.2 Å². The Balaban J connectivity index is 1.61. The van der Waals surface area contributed by atoms with E-state index in [-0.39, 0.29) is 11.9 Å². The Labute approximate surface area is 171 Å². The molecule has 4 aromatic rings. The fourth-order valence-corrected chi connectivity index (χ4v) is 4.42. The predicted molar refractivity (Wildman–Crippen MR) is 106 cm³/mol. The van der Waals surface area contributed by atoms with Crippen LogP contribution in [0.1, 0.15) is 39.7 Å². The molecular formula is C19H15F3N4OS2. The van der Waals surface area contributed by atoms with Crippen molar-refractivity contribution in [1.29, 1.82) is 0 Å². The van der Waals surface area contributed by atoms with Gasteiger partial charge in [-0.3, -0.25) is 9.20 Å². The normalized spacial score (nSPS) is 13.0. The average Bonchev–Trinajstić information content (AvgIpc) is 3.36. The highest BCUT2D eigenvalue weighted by Gasteiger charge is 2.30. The molecule has 3 heterocycles. The molecule has 1 N–H and O–H groups in total. The summed E-state index contributed by atoms with van der Waals surface area (Å²) in [5, 5.41) is 7.38. The molecule has 1 aromatic carbocycles. The number of carbonyl (C=O) groups is 1. The molecule has 5 nitrogen and oxygen atoms in total. The van der Waals surface area contributed by atoms with Gasteiger partial charge in [0.2, 0.25) is 0 Å². The summed E-state index contributed by atoms with van der Waals surface area (Å²) in [6, 6.07) is 4.71. The van der Waals surface area contributed by atoms with Gasteiger partial charge in [0.05, 0.1) is 28.0 Å². The Morgan fingerprint density at radius 1 is 1.21 bits per heavy atom. The lowest BCUT2D eigenvalue weighted by molar-refractivity contribution is -0.137. The van der Waals surface area contributed by atoms with Crippen LogP contribution in [0, 0.1) is 6.92 Å². The van der Waals surface area contributed by atoms with E-state index in [1.165, 1.54) is 28.7 Å². The molecule has 0 saturated carbocycles. The van der Waals surface area contributed by atoms with Gasteiger partial charge in [-0.05, 0) is 26.0 Å². The van der Waals surface area contributed by atoms with E-state index in [0.29, 0.717) is 21.9 Å². The van der Waals surface area contributed by atoms with Crippen molar-refractivity contribution < 1.29 is 18.0 Å². The number of hydrogen-bond acceptors (Lipinski definition) is 5. The molecule has 150 valence electrons. The SMILES string of the molecule is Cc1nc([C@@H](C)NC(=O)c2csc3nc(-c4cccc(C(F)(F)F)c4)cn23)cs1. The third-order valence-electron chi connectivity index (χ3n) is 4.36. The number of carbonyl (C=O) groups excluding carboxylic acids is 1. The number of thiazole rings is 2. The maximum Gasteiger partial charge on any atom is 0.416 e. The van der Waals surface area contributed by atoms with Crippen LogP contribution in [0.25, 0.3) is 16.2 Å². The molecule has 0 saturated heterocycles. The third-order valence-corrected chi connectivity index (χ3v) is 5.99. The lowest BCUT2D eigenvalue weighted by Crippen LogP contribution is -2.27. The average molecular weight is 436 g/mol. The van der Waals surface area contributed by atoms with Gasteiger partial charge < -0.3 is 5.32 Å². The fourth-order valence-electron chi connectivity index (χ4n) is 2.86. The summed E-state index contributed by atoms with van der Waals surface area (Å²) < 4.78 is 40.5. The van der Waals surface area contributed by atoms with E-state index in [1.807, 2.05) is 19.2 Å². The maximum absolute atomic E-state index is 13.0. The van der Waals surface area contributed by atoms with Gasteiger partial charge in [0.15, 0.2) is 4.96 Å². The van der Waals surface area contributed by atoms with E-state index >= 15 is 0 Å². The molecule has 1 atom stereocenters. The highest BCUT2D eigenvalue weighted by Crippen LogP contribution is 2.32. The molecule has 10 heteroatoms. The van der Waals surface area contributed by atoms with E-state index in [4.69, 9.17) is 0 Å². The molecule has 0 fully saturated rings. The molecular weight excluding hydrogens is 421 g/mol. The first kappa shape index (κ1) is 19.6. The van der Waals surface area contributed by atoms with Crippen LogP contribution in [0.2, 0.25) is 0 Å². The molecule has 0 aliphatic rings. The number of nitrogens with one attached hydrogen (secondary N) is 1. The molecule has 0 aliphatic carbocycles. The number of alkyl halides is 3. The first-order valence-electron chi connectivity index (χ1n) is 8.59. The molecule has 1 amide bonds. The van der Waals surface area contributed by atoms with Gasteiger partial charge >= 0.3 is 6.18 Å². The zero-order chi connectivity index (χ0) is 20.8. The van der Waals surface area contributed by atoms with Gasteiger partial charge in [-0.25, -0.2) is 9.97 Å². The molecule has 29 heavy (non-hydrogen) atoms. The number of aryl methyl sites for hydroxylation is 1. The first-order valence-corrected chi connectivity index (χ1v) is 10.4. The van der Waals surface area contributed by atoms with Crippen LogP contribution in [-0.4, -0.2) is 20.3 Å². The molecule has 0 spiro atoms. The lowest BCUT2D eigenvalue weighted by atomic mass is 10.1. The highest BCUT2D eigenvalue weighted by atomic mass is 32.1. The number of benzene rings is 1. The minimum atomic E-state index is -4.43. The van der Waals surface area contributed by atoms with Gasteiger partial charge in [-0.2, -0.15) is 13.2 Å². The standard InChI is InChI=1S/C19H15F3N4OS2/c1-10(15-8-28-11(2)24-15)23-17(27)16-9-29-18-25-14(7-26(16)18)12-4-3-5-13(6-12)19(20,21)22/h3-10H,1-2H3,(H,23,27)/t10-/m1/s1. The van der Waals surface area contributed by atoms with Crippen LogP contribution in [-0.2, 0) is 6.18 Å². The Bertz CT molecular complexity index is 1190. The summed E-state index contributed by atoms with van der Waals surface area (Å²) in [7, 11) is 0. The van der Waals surface area contributed by atoms with Crippen molar-refractivity contribution in [3.8, 4) is 11.3 Å². The lowest BCUT2D eigenvalue weighted by Gasteiger charge is -2.11. The van der Waals surface area contributed by atoms with Crippen molar-refractivity contribution in [2.45, 2.75) is 26.1 Å². The Morgan fingerprint density at radius 3 is 2.69 bits per heavy atom. The van der Waals surface area contributed by atoms with E-state index < -0.39 is 11.7 Å². The van der Waals surface area contributed by atoms with Crippen molar-refractivity contribution in [3.63, 3.8) is 0 Å². The predicted octanol–water partition coefficient (Wildman–Crippen LogP) is 5.34. The summed E-state index contributed by atoms with van der Waals surface area (Å²) in [6.07, 6.45) is -2.85. The van der Waals surface area contributed by atoms with Crippen molar-refractivity contribution >= 4 is 33.5 Å². The Morgan fingerprint density at radius 2 is 2.00 bits per heavy atom. The van der Waals surface area contributed by atoms with Crippen LogP contribution in [0.15, 0.2) is 41.2 Å². The molecule has 0 unspecified atom stereocenters. The molecule has 0 bridgehead atoms. The zero-order valence-electron chi connectivity index (χ0n) is 15.3. The quantitative estimate of drug-likeness (QED) is 0.470. The minimum absolute atomic E-state index is 0.270. The maximum atomic E-state index is 13.0. The fraction of sp³-hybridized carbons (Fsp3) is 0.211. The van der Waals surface area contributed by atoms with Gasteiger partial charge in [0, 0.05) is 22.5 Å². The van der Waals surface area contributed by atoms with Gasteiger partial charge in [0.1, 0.15) is 5.69 Å². The van der Waals surface area contributed by atoms with E-state index in [0.717, 1.165) is 22.8 Å². The largest absolute Gasteiger partial charge is 0.416 e. The summed E-state index contributed by atoms with van der Waals surface area (Å²) in [5.41, 5.74) is 1.13. The van der Waals surface area contributed by atoms with Crippen molar-refractivity contribution in [2.75, 3.05) is 0 Å². The van der Waals surface area contributed by atoms with Crippen LogP contribution in [0.5, 0.6) is 0 Å². The van der Waals surface area contributed by atoms with E-state index in [9.17, 15) is 18.0 Å². The smallest absolute Gasteiger partial charge is 0.343 e. The number of rotatable bonds is 4. The third kappa shape index (κ3) is 3.90. The Hall–Kier alpha value is -2.72. The van der Waals surface area contributed by atoms with Gasteiger partial charge in [-0.15, -0.1) is 22.7 Å². The number of nitrogens with zero attached hydrogens (tertiary/aromatic N) is 3. The number of halogens is 3.